The van der Waals surface area contributed by atoms with Crippen molar-refractivity contribution in [2.45, 2.75) is 37.3 Å². The van der Waals surface area contributed by atoms with Gasteiger partial charge >= 0.3 is 6.09 Å². The molecular formula is C24H29N3O8S. The van der Waals surface area contributed by atoms with E-state index in [9.17, 15) is 23.4 Å². The minimum absolute atomic E-state index is 0.00121. The highest BCUT2D eigenvalue weighted by atomic mass is 32.2. The maximum atomic E-state index is 13.5. The van der Waals surface area contributed by atoms with Crippen LogP contribution in [-0.2, 0) is 16.4 Å². The van der Waals surface area contributed by atoms with Gasteiger partial charge in [0, 0.05) is 19.2 Å². The maximum Gasteiger partial charge on any atom is 0.404 e. The number of ether oxygens (including phenoxy) is 3. The highest BCUT2D eigenvalue weighted by Crippen LogP contribution is 2.34. The highest BCUT2D eigenvalue weighted by Gasteiger charge is 2.32. The molecule has 0 unspecified atom stereocenters. The molecule has 3 rings (SSSR count). The Balaban J connectivity index is 1.80. The third-order valence-electron chi connectivity index (χ3n) is 5.40. The summed E-state index contributed by atoms with van der Waals surface area (Å²) in [5.74, 6) is 1.17. The van der Waals surface area contributed by atoms with E-state index >= 15 is 0 Å². The second-order valence-electron chi connectivity index (χ2n) is 8.65. The van der Waals surface area contributed by atoms with E-state index in [1.54, 1.807) is 24.3 Å². The molecule has 11 nitrogen and oxygen atoms in total. The summed E-state index contributed by atoms with van der Waals surface area (Å²) in [6, 6.07) is 11.8. The molecule has 1 amide bonds. The zero-order chi connectivity index (χ0) is 26.3. The Kier molecular flexibility index (Phi) is 8.98. The summed E-state index contributed by atoms with van der Waals surface area (Å²) in [6.07, 6.45) is -2.59. The van der Waals surface area contributed by atoms with Crippen molar-refractivity contribution in [3.63, 3.8) is 0 Å². The number of sulfonamides is 1. The minimum atomic E-state index is -4.04. The standard InChI is InChI=1S/C24H29N3O8S/c1-16(2)13-27(36(31,32)19-7-8-22-23(12-19)35-15-34-22)14-21(28)20(26-24(29)30)11-17-3-5-18(6-4-17)33-10-9-25/h3-8,12,16,20-21,26,28H,10-11,13-15H2,1-2H3,(H,29,30)/t20-,21+/m0/s1. The lowest BCUT2D eigenvalue weighted by Crippen LogP contribution is -2.50. The molecule has 36 heavy (non-hydrogen) atoms. The normalized spacial score (nSPS) is 14.3. The fourth-order valence-corrected chi connectivity index (χ4v) is 5.37. The zero-order valence-electron chi connectivity index (χ0n) is 20.0. The molecule has 194 valence electrons. The first-order valence-corrected chi connectivity index (χ1v) is 12.7. The summed E-state index contributed by atoms with van der Waals surface area (Å²) in [7, 11) is -4.04. The van der Waals surface area contributed by atoms with Crippen LogP contribution in [0.3, 0.4) is 0 Å². The lowest BCUT2D eigenvalue weighted by atomic mass is 10.0. The van der Waals surface area contributed by atoms with E-state index in [1.807, 2.05) is 19.9 Å². The Morgan fingerprint density at radius 2 is 1.86 bits per heavy atom. The number of carboxylic acid groups (broad SMARTS) is 1. The fourth-order valence-electron chi connectivity index (χ4n) is 3.73. The molecule has 0 bridgehead atoms. The van der Waals surface area contributed by atoms with E-state index in [1.165, 1.54) is 18.2 Å². The van der Waals surface area contributed by atoms with Crippen molar-refractivity contribution in [3.8, 4) is 23.3 Å². The maximum absolute atomic E-state index is 13.5. The molecule has 2 aromatic rings. The van der Waals surface area contributed by atoms with E-state index in [2.05, 4.69) is 5.32 Å². The molecule has 3 N–H and O–H groups in total. The topological polar surface area (TPSA) is 158 Å². The number of rotatable bonds is 12. The van der Waals surface area contributed by atoms with Crippen molar-refractivity contribution >= 4 is 16.1 Å². The zero-order valence-corrected chi connectivity index (χ0v) is 20.8. The molecule has 0 radical (unpaired) electrons. The molecule has 1 aliphatic heterocycles. The van der Waals surface area contributed by atoms with Crippen LogP contribution in [0.1, 0.15) is 19.4 Å². The second kappa shape index (κ2) is 11.9. The number of nitrogens with zero attached hydrogens (tertiary/aromatic N) is 2. The van der Waals surface area contributed by atoms with Gasteiger partial charge in [-0.3, -0.25) is 0 Å². The van der Waals surface area contributed by atoms with E-state index in [0.29, 0.717) is 22.8 Å². The van der Waals surface area contributed by atoms with E-state index in [0.717, 1.165) is 4.31 Å². The Bertz CT molecular complexity index is 1190. The molecule has 0 spiro atoms. The number of amides is 1. The SMILES string of the molecule is CC(C)CN(C[C@@H](O)[C@H](Cc1ccc(OCC#N)cc1)NC(=O)O)S(=O)(=O)c1ccc2c(c1)OCO2. The largest absolute Gasteiger partial charge is 0.479 e. The average Bonchev–Trinajstić information content (AvgIpc) is 3.30. The van der Waals surface area contributed by atoms with Crippen molar-refractivity contribution in [1.82, 2.24) is 9.62 Å². The van der Waals surface area contributed by atoms with Gasteiger partial charge in [0.05, 0.1) is 17.0 Å². The molecule has 0 saturated heterocycles. The smallest absolute Gasteiger partial charge is 0.404 e. The number of hydrogen-bond acceptors (Lipinski definition) is 8. The number of nitrogens with one attached hydrogen (secondary N) is 1. The number of aliphatic hydroxyl groups is 1. The monoisotopic (exact) mass is 519 g/mol. The Labute approximate surface area is 209 Å². The molecule has 0 aromatic heterocycles. The van der Waals surface area contributed by atoms with Crippen LogP contribution in [0.4, 0.5) is 4.79 Å². The van der Waals surface area contributed by atoms with Crippen LogP contribution >= 0.6 is 0 Å². The summed E-state index contributed by atoms with van der Waals surface area (Å²) in [6.45, 7) is 3.36. The van der Waals surface area contributed by atoms with Gasteiger partial charge < -0.3 is 29.7 Å². The molecule has 0 aliphatic carbocycles. The van der Waals surface area contributed by atoms with Crippen LogP contribution in [0.5, 0.6) is 17.2 Å². The van der Waals surface area contributed by atoms with Crippen molar-refractivity contribution in [2.24, 2.45) is 5.92 Å². The Morgan fingerprint density at radius 3 is 2.50 bits per heavy atom. The van der Waals surface area contributed by atoms with Gasteiger partial charge in [-0.25, -0.2) is 13.2 Å². The van der Waals surface area contributed by atoms with Crippen molar-refractivity contribution in [2.75, 3.05) is 26.5 Å². The van der Waals surface area contributed by atoms with Crippen LogP contribution in [0.15, 0.2) is 47.4 Å². The number of hydrogen-bond donors (Lipinski definition) is 3. The third kappa shape index (κ3) is 7.00. The number of nitriles is 1. The lowest BCUT2D eigenvalue weighted by Gasteiger charge is -2.30. The van der Waals surface area contributed by atoms with Gasteiger partial charge in [-0.15, -0.1) is 0 Å². The second-order valence-corrected chi connectivity index (χ2v) is 10.6. The fraction of sp³-hybridized carbons (Fsp3) is 0.417. The predicted molar refractivity (Wildman–Crippen MR) is 128 cm³/mol. The van der Waals surface area contributed by atoms with Crippen molar-refractivity contribution in [3.05, 3.63) is 48.0 Å². The van der Waals surface area contributed by atoms with Crippen LogP contribution in [0.2, 0.25) is 0 Å². The summed E-state index contributed by atoms with van der Waals surface area (Å²) < 4.78 is 43.9. The lowest BCUT2D eigenvalue weighted by molar-refractivity contribution is 0.0980. The van der Waals surface area contributed by atoms with Crippen molar-refractivity contribution in [1.29, 1.82) is 5.26 Å². The first kappa shape index (κ1) is 27.1. The van der Waals surface area contributed by atoms with Gasteiger partial charge in [-0.2, -0.15) is 9.57 Å². The van der Waals surface area contributed by atoms with Crippen LogP contribution in [0, 0.1) is 17.2 Å². The number of benzene rings is 2. The molecule has 2 atom stereocenters. The van der Waals surface area contributed by atoms with E-state index < -0.39 is 28.3 Å². The van der Waals surface area contributed by atoms with Gasteiger partial charge in [0.1, 0.15) is 11.8 Å². The first-order chi connectivity index (χ1) is 17.1. The summed E-state index contributed by atoms with van der Waals surface area (Å²) >= 11 is 0. The quantitative estimate of drug-likeness (QED) is 0.382. The Morgan fingerprint density at radius 1 is 1.17 bits per heavy atom. The van der Waals surface area contributed by atoms with Crippen LogP contribution < -0.4 is 19.5 Å². The molecule has 0 fully saturated rings. The van der Waals surface area contributed by atoms with E-state index in [-0.39, 0.29) is 43.7 Å². The molecule has 0 saturated carbocycles. The number of carbonyl (C=O) groups is 1. The van der Waals surface area contributed by atoms with Gasteiger partial charge in [0.15, 0.2) is 18.1 Å². The summed E-state index contributed by atoms with van der Waals surface area (Å²) in [5, 5.41) is 31.2. The van der Waals surface area contributed by atoms with Gasteiger partial charge in [0.2, 0.25) is 16.8 Å². The number of aliphatic hydroxyl groups excluding tert-OH is 1. The Hall–Kier alpha value is -3.53. The van der Waals surface area contributed by atoms with Crippen LogP contribution in [-0.4, -0.2) is 67.7 Å². The first-order valence-electron chi connectivity index (χ1n) is 11.3. The summed E-state index contributed by atoms with van der Waals surface area (Å²) in [4.78, 5) is 11.4. The van der Waals surface area contributed by atoms with Gasteiger partial charge in [0.25, 0.3) is 0 Å². The van der Waals surface area contributed by atoms with Crippen LogP contribution in [0.25, 0.3) is 0 Å². The minimum Gasteiger partial charge on any atom is -0.479 e. The molecule has 12 heteroatoms. The highest BCUT2D eigenvalue weighted by molar-refractivity contribution is 7.89. The number of fused-ring (bicyclic) bond motifs is 1. The molecule has 1 heterocycles. The third-order valence-corrected chi connectivity index (χ3v) is 7.22. The molecular weight excluding hydrogens is 490 g/mol. The average molecular weight is 520 g/mol. The van der Waals surface area contributed by atoms with Gasteiger partial charge in [-0.05, 0) is 42.2 Å². The van der Waals surface area contributed by atoms with Gasteiger partial charge in [-0.1, -0.05) is 26.0 Å². The molecule has 2 aromatic carbocycles. The predicted octanol–water partition coefficient (Wildman–Crippen LogP) is 2.20. The van der Waals surface area contributed by atoms with E-state index in [4.69, 9.17) is 19.5 Å². The summed E-state index contributed by atoms with van der Waals surface area (Å²) in [5.41, 5.74) is 0.686. The van der Waals surface area contributed by atoms with Crippen molar-refractivity contribution < 1.29 is 37.6 Å². The molecule has 1 aliphatic rings.